The molecule has 0 saturated heterocycles. The van der Waals surface area contributed by atoms with Crippen LogP contribution in [-0.2, 0) is 0 Å². The van der Waals surface area contributed by atoms with Gasteiger partial charge >= 0.3 is 0 Å². The van der Waals surface area contributed by atoms with Gasteiger partial charge in [-0.05, 0) is 36.3 Å². The minimum atomic E-state index is 0.0411. The summed E-state index contributed by atoms with van der Waals surface area (Å²) < 4.78 is 0. The van der Waals surface area contributed by atoms with E-state index in [1.807, 2.05) is 31.2 Å². The highest BCUT2D eigenvalue weighted by Crippen LogP contribution is 2.19. The first kappa shape index (κ1) is 14.7. The first-order valence-electron chi connectivity index (χ1n) is 6.77. The van der Waals surface area contributed by atoms with Crippen LogP contribution in [0.4, 0.5) is 0 Å². The molecule has 0 unspecified atom stereocenters. The molecule has 0 aliphatic carbocycles. The highest BCUT2D eigenvalue weighted by molar-refractivity contribution is 5.95. The Morgan fingerprint density at radius 2 is 1.67 bits per heavy atom. The van der Waals surface area contributed by atoms with E-state index in [0.29, 0.717) is 17.8 Å². The van der Waals surface area contributed by atoms with E-state index < -0.39 is 0 Å². The van der Waals surface area contributed by atoms with Crippen LogP contribution >= 0.6 is 0 Å². The van der Waals surface area contributed by atoms with Gasteiger partial charge in [-0.2, -0.15) is 0 Å². The lowest BCUT2D eigenvalue weighted by atomic mass is 9.85. The standard InChI is InChI=1S/C16H25NO/c1-11(2)15(12(3)4)10-17-16(18)14-9-7-6-8-13(14)5/h6-9,11-12,15H,10H2,1-5H3,(H,17,18). The number of carbonyl (C=O) groups is 1. The number of benzene rings is 1. The molecule has 1 aromatic carbocycles. The fourth-order valence-corrected chi connectivity index (χ4v) is 2.37. The lowest BCUT2D eigenvalue weighted by Gasteiger charge is -2.25. The molecule has 18 heavy (non-hydrogen) atoms. The van der Waals surface area contributed by atoms with Crippen molar-refractivity contribution in [1.29, 1.82) is 0 Å². The van der Waals surface area contributed by atoms with Crippen LogP contribution in [0, 0.1) is 24.7 Å². The topological polar surface area (TPSA) is 29.1 Å². The summed E-state index contributed by atoms with van der Waals surface area (Å²) in [5.74, 6) is 1.74. The Morgan fingerprint density at radius 3 is 2.17 bits per heavy atom. The van der Waals surface area contributed by atoms with Gasteiger partial charge in [-0.1, -0.05) is 45.9 Å². The predicted octanol–water partition coefficient (Wildman–Crippen LogP) is 3.65. The van der Waals surface area contributed by atoms with Crippen molar-refractivity contribution in [3.8, 4) is 0 Å². The molecule has 2 heteroatoms. The van der Waals surface area contributed by atoms with Gasteiger partial charge in [0.2, 0.25) is 0 Å². The van der Waals surface area contributed by atoms with Crippen LogP contribution in [0.5, 0.6) is 0 Å². The molecule has 0 heterocycles. The molecular weight excluding hydrogens is 222 g/mol. The van der Waals surface area contributed by atoms with Gasteiger partial charge in [0.05, 0.1) is 0 Å². The Morgan fingerprint density at radius 1 is 1.11 bits per heavy atom. The van der Waals surface area contributed by atoms with E-state index in [2.05, 4.69) is 33.0 Å². The molecule has 1 N–H and O–H groups in total. The first-order valence-corrected chi connectivity index (χ1v) is 6.77. The maximum Gasteiger partial charge on any atom is 0.251 e. The van der Waals surface area contributed by atoms with Crippen LogP contribution in [0.25, 0.3) is 0 Å². The van der Waals surface area contributed by atoms with Crippen molar-refractivity contribution in [2.24, 2.45) is 17.8 Å². The molecule has 0 spiro atoms. The smallest absolute Gasteiger partial charge is 0.251 e. The second-order valence-corrected chi connectivity index (χ2v) is 5.68. The quantitative estimate of drug-likeness (QED) is 0.845. The Kier molecular flexibility index (Phi) is 5.39. The third-order valence-electron chi connectivity index (χ3n) is 3.60. The fourth-order valence-electron chi connectivity index (χ4n) is 2.37. The fraction of sp³-hybridized carbons (Fsp3) is 0.562. The van der Waals surface area contributed by atoms with E-state index >= 15 is 0 Å². The summed E-state index contributed by atoms with van der Waals surface area (Å²) in [7, 11) is 0. The van der Waals surface area contributed by atoms with Gasteiger partial charge in [0.1, 0.15) is 0 Å². The third kappa shape index (κ3) is 3.86. The van der Waals surface area contributed by atoms with Crippen molar-refractivity contribution in [1.82, 2.24) is 5.32 Å². The number of carbonyl (C=O) groups excluding carboxylic acids is 1. The van der Waals surface area contributed by atoms with E-state index in [0.717, 1.165) is 17.7 Å². The van der Waals surface area contributed by atoms with Gasteiger partial charge in [0.15, 0.2) is 0 Å². The normalized spacial score (nSPS) is 11.3. The van der Waals surface area contributed by atoms with Gasteiger partial charge in [0, 0.05) is 12.1 Å². The van der Waals surface area contributed by atoms with E-state index in [-0.39, 0.29) is 5.91 Å². The van der Waals surface area contributed by atoms with Gasteiger partial charge in [-0.25, -0.2) is 0 Å². The van der Waals surface area contributed by atoms with Crippen molar-refractivity contribution < 1.29 is 4.79 Å². The molecule has 0 bridgehead atoms. The molecule has 0 aliphatic rings. The summed E-state index contributed by atoms with van der Waals surface area (Å²) in [5, 5.41) is 3.06. The summed E-state index contributed by atoms with van der Waals surface area (Å²) in [6, 6.07) is 7.71. The zero-order valence-electron chi connectivity index (χ0n) is 12.2. The molecule has 100 valence electrons. The van der Waals surface area contributed by atoms with Gasteiger partial charge in [-0.3, -0.25) is 4.79 Å². The predicted molar refractivity (Wildman–Crippen MR) is 76.7 cm³/mol. The van der Waals surface area contributed by atoms with Crippen LogP contribution < -0.4 is 5.32 Å². The van der Waals surface area contributed by atoms with Crippen LogP contribution in [0.15, 0.2) is 24.3 Å². The van der Waals surface area contributed by atoms with Gasteiger partial charge in [-0.15, -0.1) is 0 Å². The molecule has 0 fully saturated rings. The van der Waals surface area contributed by atoms with Crippen LogP contribution in [0.1, 0.15) is 43.6 Å². The van der Waals surface area contributed by atoms with Crippen molar-refractivity contribution in [3.63, 3.8) is 0 Å². The summed E-state index contributed by atoms with van der Waals surface area (Å²) in [6.07, 6.45) is 0. The van der Waals surface area contributed by atoms with Gasteiger partial charge in [0.25, 0.3) is 5.91 Å². The molecule has 0 saturated carbocycles. The second kappa shape index (κ2) is 6.58. The van der Waals surface area contributed by atoms with Crippen molar-refractivity contribution >= 4 is 5.91 Å². The SMILES string of the molecule is Cc1ccccc1C(=O)NCC(C(C)C)C(C)C. The van der Waals surface area contributed by atoms with Gasteiger partial charge < -0.3 is 5.32 Å². The summed E-state index contributed by atoms with van der Waals surface area (Å²) in [5.41, 5.74) is 1.81. The van der Waals surface area contributed by atoms with Crippen molar-refractivity contribution in [2.75, 3.05) is 6.54 Å². The zero-order chi connectivity index (χ0) is 13.7. The average Bonchev–Trinajstić information content (AvgIpc) is 2.28. The molecule has 1 rings (SSSR count). The minimum absolute atomic E-state index is 0.0411. The number of amides is 1. The average molecular weight is 247 g/mol. The molecule has 0 atom stereocenters. The Hall–Kier alpha value is -1.31. The number of hydrogen-bond donors (Lipinski definition) is 1. The first-order chi connectivity index (χ1) is 8.43. The zero-order valence-corrected chi connectivity index (χ0v) is 12.2. The largest absolute Gasteiger partial charge is 0.352 e. The highest BCUT2D eigenvalue weighted by atomic mass is 16.1. The van der Waals surface area contributed by atoms with Crippen molar-refractivity contribution in [3.05, 3.63) is 35.4 Å². The molecule has 0 radical (unpaired) electrons. The summed E-state index contributed by atoms with van der Waals surface area (Å²) in [6.45, 7) is 11.6. The van der Waals surface area contributed by atoms with Crippen LogP contribution in [0.2, 0.25) is 0 Å². The van der Waals surface area contributed by atoms with Crippen LogP contribution in [0.3, 0.4) is 0 Å². The molecule has 0 aromatic heterocycles. The van der Waals surface area contributed by atoms with E-state index in [9.17, 15) is 4.79 Å². The lowest BCUT2D eigenvalue weighted by molar-refractivity contribution is 0.0936. The monoisotopic (exact) mass is 247 g/mol. The molecular formula is C16H25NO. The van der Waals surface area contributed by atoms with E-state index in [1.54, 1.807) is 0 Å². The molecule has 1 aromatic rings. The van der Waals surface area contributed by atoms with E-state index in [4.69, 9.17) is 0 Å². The van der Waals surface area contributed by atoms with Crippen molar-refractivity contribution in [2.45, 2.75) is 34.6 Å². The lowest BCUT2D eigenvalue weighted by Crippen LogP contribution is -2.34. The summed E-state index contributed by atoms with van der Waals surface area (Å²) >= 11 is 0. The number of hydrogen-bond acceptors (Lipinski definition) is 1. The summed E-state index contributed by atoms with van der Waals surface area (Å²) in [4.78, 5) is 12.1. The number of aryl methyl sites for hydroxylation is 1. The molecule has 1 amide bonds. The molecule has 2 nitrogen and oxygen atoms in total. The maximum atomic E-state index is 12.1. The minimum Gasteiger partial charge on any atom is -0.352 e. The Bertz CT molecular complexity index is 388. The van der Waals surface area contributed by atoms with Crippen LogP contribution in [-0.4, -0.2) is 12.5 Å². The Balaban J connectivity index is 2.64. The maximum absolute atomic E-state index is 12.1. The highest BCUT2D eigenvalue weighted by Gasteiger charge is 2.18. The Labute approximate surface area is 111 Å². The third-order valence-corrected chi connectivity index (χ3v) is 3.60. The number of rotatable bonds is 5. The van der Waals surface area contributed by atoms with E-state index in [1.165, 1.54) is 0 Å². The molecule has 0 aliphatic heterocycles. The second-order valence-electron chi connectivity index (χ2n) is 5.68. The number of nitrogens with one attached hydrogen (secondary N) is 1.